The standard InChI is InChI=1S/C13H14F3N3S/c1-3-4-17-7(2)12-18-19-13(20-12)11-9(15)5-8(14)6-10(11)16/h5-7,17H,3-4H2,1-2H3. The number of rotatable bonds is 5. The predicted molar refractivity (Wildman–Crippen MR) is 71.9 cm³/mol. The minimum absolute atomic E-state index is 0.0484. The van der Waals surface area contributed by atoms with Gasteiger partial charge < -0.3 is 5.32 Å². The van der Waals surface area contributed by atoms with Gasteiger partial charge in [0.1, 0.15) is 22.5 Å². The normalized spacial score (nSPS) is 12.7. The Morgan fingerprint density at radius 2 is 1.85 bits per heavy atom. The predicted octanol–water partition coefficient (Wildman–Crippen LogP) is 3.68. The molecule has 0 fully saturated rings. The molecule has 0 bridgehead atoms. The van der Waals surface area contributed by atoms with E-state index < -0.39 is 17.5 Å². The van der Waals surface area contributed by atoms with E-state index in [2.05, 4.69) is 15.5 Å². The van der Waals surface area contributed by atoms with Crippen LogP contribution in [0.15, 0.2) is 12.1 Å². The summed E-state index contributed by atoms with van der Waals surface area (Å²) >= 11 is 1.09. The average Bonchev–Trinajstić information content (AvgIpc) is 2.84. The minimum Gasteiger partial charge on any atom is -0.308 e. The van der Waals surface area contributed by atoms with Gasteiger partial charge in [0.2, 0.25) is 0 Å². The number of benzene rings is 1. The van der Waals surface area contributed by atoms with Gasteiger partial charge in [0.15, 0.2) is 5.01 Å². The quantitative estimate of drug-likeness (QED) is 0.915. The van der Waals surface area contributed by atoms with Crippen LogP contribution >= 0.6 is 11.3 Å². The van der Waals surface area contributed by atoms with Gasteiger partial charge >= 0.3 is 0 Å². The number of aromatic nitrogens is 2. The lowest BCUT2D eigenvalue weighted by molar-refractivity contribution is 0.547. The fourth-order valence-corrected chi connectivity index (χ4v) is 2.62. The molecule has 0 aliphatic carbocycles. The lowest BCUT2D eigenvalue weighted by Crippen LogP contribution is -2.18. The molecular weight excluding hydrogens is 287 g/mol. The van der Waals surface area contributed by atoms with Crippen molar-refractivity contribution in [1.29, 1.82) is 0 Å². The molecule has 20 heavy (non-hydrogen) atoms. The summed E-state index contributed by atoms with van der Waals surface area (Å²) in [6.07, 6.45) is 0.969. The van der Waals surface area contributed by atoms with Gasteiger partial charge in [0.25, 0.3) is 0 Å². The second kappa shape index (κ2) is 6.32. The molecule has 108 valence electrons. The van der Waals surface area contributed by atoms with Crippen LogP contribution in [0.4, 0.5) is 13.2 Å². The Balaban J connectivity index is 2.29. The van der Waals surface area contributed by atoms with Gasteiger partial charge in [-0.25, -0.2) is 13.2 Å². The Morgan fingerprint density at radius 1 is 1.20 bits per heavy atom. The number of halogens is 3. The van der Waals surface area contributed by atoms with Crippen molar-refractivity contribution < 1.29 is 13.2 Å². The van der Waals surface area contributed by atoms with Crippen LogP contribution in [0, 0.1) is 17.5 Å². The first kappa shape index (κ1) is 14.9. The summed E-state index contributed by atoms with van der Waals surface area (Å²) in [5.74, 6) is -2.90. The first-order chi connectivity index (χ1) is 9.52. The van der Waals surface area contributed by atoms with E-state index in [1.165, 1.54) is 0 Å². The number of hydrogen-bond donors (Lipinski definition) is 1. The van der Waals surface area contributed by atoms with Crippen LogP contribution in [0.2, 0.25) is 0 Å². The third-order valence-corrected chi connectivity index (χ3v) is 3.86. The lowest BCUT2D eigenvalue weighted by Gasteiger charge is -2.08. The van der Waals surface area contributed by atoms with Gasteiger partial charge in [-0.1, -0.05) is 18.3 Å². The molecule has 0 spiro atoms. The molecule has 1 heterocycles. The number of nitrogens with zero attached hydrogens (tertiary/aromatic N) is 2. The molecule has 0 saturated carbocycles. The number of nitrogens with one attached hydrogen (secondary N) is 1. The number of hydrogen-bond acceptors (Lipinski definition) is 4. The van der Waals surface area contributed by atoms with E-state index in [4.69, 9.17) is 0 Å². The van der Waals surface area contributed by atoms with Gasteiger partial charge in [-0.2, -0.15) is 0 Å². The largest absolute Gasteiger partial charge is 0.308 e. The highest BCUT2D eigenvalue weighted by molar-refractivity contribution is 7.14. The molecule has 0 radical (unpaired) electrons. The van der Waals surface area contributed by atoms with Crippen molar-refractivity contribution >= 4 is 11.3 Å². The molecule has 0 saturated heterocycles. The maximum absolute atomic E-state index is 13.7. The van der Waals surface area contributed by atoms with Crippen molar-refractivity contribution in [2.45, 2.75) is 26.3 Å². The molecule has 2 aromatic rings. The van der Waals surface area contributed by atoms with Crippen LogP contribution < -0.4 is 5.32 Å². The van der Waals surface area contributed by atoms with E-state index >= 15 is 0 Å². The molecule has 2 rings (SSSR count). The van der Waals surface area contributed by atoms with Crippen LogP contribution in [0.25, 0.3) is 10.6 Å². The molecule has 1 N–H and O–H groups in total. The molecule has 0 aliphatic heterocycles. The second-order valence-corrected chi connectivity index (χ2v) is 5.37. The Hall–Kier alpha value is -1.47. The zero-order chi connectivity index (χ0) is 14.7. The maximum Gasteiger partial charge on any atom is 0.153 e. The third kappa shape index (κ3) is 3.16. The minimum atomic E-state index is -0.973. The van der Waals surface area contributed by atoms with E-state index in [1.807, 2.05) is 13.8 Å². The molecule has 0 amide bonds. The molecule has 7 heteroatoms. The summed E-state index contributed by atoms with van der Waals surface area (Å²) < 4.78 is 40.2. The van der Waals surface area contributed by atoms with Gasteiger partial charge in [0.05, 0.1) is 11.6 Å². The van der Waals surface area contributed by atoms with Crippen molar-refractivity contribution in [1.82, 2.24) is 15.5 Å². The van der Waals surface area contributed by atoms with Crippen LogP contribution in [0.3, 0.4) is 0 Å². The van der Waals surface area contributed by atoms with E-state index in [1.54, 1.807) is 0 Å². The molecule has 1 atom stereocenters. The Bertz CT molecular complexity index is 577. The van der Waals surface area contributed by atoms with Crippen molar-refractivity contribution in [3.05, 3.63) is 34.6 Å². The van der Waals surface area contributed by atoms with E-state index in [-0.39, 0.29) is 16.6 Å². The van der Waals surface area contributed by atoms with E-state index in [0.717, 1.165) is 24.3 Å². The summed E-state index contributed by atoms with van der Waals surface area (Å²) in [6.45, 7) is 4.75. The Kier molecular flexibility index (Phi) is 4.72. The molecule has 1 aromatic carbocycles. The maximum atomic E-state index is 13.7. The summed E-state index contributed by atoms with van der Waals surface area (Å²) in [4.78, 5) is 0. The van der Waals surface area contributed by atoms with Crippen LogP contribution in [-0.4, -0.2) is 16.7 Å². The van der Waals surface area contributed by atoms with Gasteiger partial charge in [0, 0.05) is 12.1 Å². The van der Waals surface area contributed by atoms with Crippen molar-refractivity contribution in [2.24, 2.45) is 0 Å². The molecule has 0 aliphatic rings. The van der Waals surface area contributed by atoms with Crippen LogP contribution in [0.1, 0.15) is 31.3 Å². The highest BCUT2D eigenvalue weighted by atomic mass is 32.1. The zero-order valence-corrected chi connectivity index (χ0v) is 11.9. The highest BCUT2D eigenvalue weighted by Crippen LogP contribution is 2.31. The van der Waals surface area contributed by atoms with E-state index in [0.29, 0.717) is 17.1 Å². The fourth-order valence-electron chi connectivity index (χ4n) is 1.71. The Labute approximate surface area is 118 Å². The Morgan fingerprint density at radius 3 is 2.45 bits per heavy atom. The lowest BCUT2D eigenvalue weighted by atomic mass is 10.2. The average molecular weight is 301 g/mol. The first-order valence-corrected chi connectivity index (χ1v) is 7.06. The third-order valence-electron chi connectivity index (χ3n) is 2.73. The first-order valence-electron chi connectivity index (χ1n) is 6.24. The van der Waals surface area contributed by atoms with Crippen molar-refractivity contribution in [2.75, 3.05) is 6.54 Å². The van der Waals surface area contributed by atoms with Gasteiger partial charge in [-0.3, -0.25) is 0 Å². The van der Waals surface area contributed by atoms with Crippen LogP contribution in [-0.2, 0) is 0 Å². The monoisotopic (exact) mass is 301 g/mol. The summed E-state index contributed by atoms with van der Waals surface area (Å²) in [5, 5.41) is 11.7. The fraction of sp³-hybridized carbons (Fsp3) is 0.385. The smallest absolute Gasteiger partial charge is 0.153 e. The summed E-state index contributed by atoms with van der Waals surface area (Å²) in [6, 6.07) is 1.23. The van der Waals surface area contributed by atoms with Crippen LogP contribution in [0.5, 0.6) is 0 Å². The SMILES string of the molecule is CCCNC(C)c1nnc(-c2c(F)cc(F)cc2F)s1. The molecule has 1 aromatic heterocycles. The summed E-state index contributed by atoms with van der Waals surface area (Å²) in [5.41, 5.74) is -0.335. The van der Waals surface area contributed by atoms with Gasteiger partial charge in [-0.05, 0) is 19.9 Å². The highest BCUT2D eigenvalue weighted by Gasteiger charge is 2.19. The van der Waals surface area contributed by atoms with Crippen molar-refractivity contribution in [3.63, 3.8) is 0 Å². The van der Waals surface area contributed by atoms with E-state index in [9.17, 15) is 13.2 Å². The summed E-state index contributed by atoms with van der Waals surface area (Å²) in [7, 11) is 0. The van der Waals surface area contributed by atoms with Gasteiger partial charge in [-0.15, -0.1) is 10.2 Å². The van der Waals surface area contributed by atoms with Crippen molar-refractivity contribution in [3.8, 4) is 10.6 Å². The zero-order valence-electron chi connectivity index (χ0n) is 11.1. The molecule has 1 unspecified atom stereocenters. The molecule has 3 nitrogen and oxygen atoms in total. The topological polar surface area (TPSA) is 37.8 Å². The second-order valence-electron chi connectivity index (χ2n) is 4.37. The molecular formula is C13H14F3N3S.